The minimum atomic E-state index is -1.06. The van der Waals surface area contributed by atoms with Crippen molar-refractivity contribution < 1.29 is 96.0 Å². The first kappa shape index (κ1) is 79.9. The second-order valence-electron chi connectivity index (χ2n) is 20.3. The van der Waals surface area contributed by atoms with E-state index in [1.807, 2.05) is 110 Å². The predicted molar refractivity (Wildman–Crippen MR) is 366 cm³/mol. The number of halogens is 7. The summed E-state index contributed by atoms with van der Waals surface area (Å²) in [6, 6.07) is 8.28. The number of carbonyl (C=O) groups excluding carboxylic acids is 3. The van der Waals surface area contributed by atoms with Gasteiger partial charge in [-0.1, -0.05) is 20.8 Å². The molecule has 0 aliphatic carbocycles. The van der Waals surface area contributed by atoms with Gasteiger partial charge in [0.25, 0.3) is 0 Å². The van der Waals surface area contributed by atoms with Crippen molar-refractivity contribution in [3.63, 3.8) is 0 Å². The third kappa shape index (κ3) is 29.4. The molecule has 0 bridgehead atoms. The van der Waals surface area contributed by atoms with Crippen molar-refractivity contribution in [2.45, 2.75) is 99.9 Å². The van der Waals surface area contributed by atoms with Gasteiger partial charge in [0.1, 0.15) is 28.1 Å². The molecule has 0 aliphatic rings. The van der Waals surface area contributed by atoms with Gasteiger partial charge in [0.15, 0.2) is 5.65 Å². The molecule has 0 radical (unpaired) electrons. The Kier molecular flexibility index (Phi) is 38.1. The van der Waals surface area contributed by atoms with Crippen LogP contribution in [0.2, 0.25) is 0 Å². The van der Waals surface area contributed by atoms with Crippen LogP contribution in [0.25, 0.3) is 66.5 Å². The van der Waals surface area contributed by atoms with Crippen LogP contribution in [0.1, 0.15) is 84.5 Å². The summed E-state index contributed by atoms with van der Waals surface area (Å²) in [5.74, 6) is 0. The second kappa shape index (κ2) is 40.5. The molecule has 0 saturated carbocycles. The maximum Gasteiger partial charge on any atom is 1.00 e. The number of alkyl halides is 3. The van der Waals surface area contributed by atoms with Crippen LogP contribution < -0.4 is 51.4 Å². The predicted octanol–water partition coefficient (Wildman–Crippen LogP) is 13.2. The Bertz CT molecular complexity index is 3400. The van der Waals surface area contributed by atoms with Crippen LogP contribution in [0.5, 0.6) is 0 Å². The Morgan fingerprint density at radius 1 is 0.624 bits per heavy atom. The molecule has 85 heavy (non-hydrogen) atoms. The van der Waals surface area contributed by atoms with Crippen LogP contribution in [-0.2, 0) is 40.1 Å². The normalized spacial score (nSPS) is 10.7. The van der Waals surface area contributed by atoms with Crippen LogP contribution in [-0.4, -0.2) is 137 Å². The second-order valence-corrected chi connectivity index (χ2v) is 23.4. The van der Waals surface area contributed by atoms with E-state index in [1.54, 1.807) is 74.2 Å². The molecule has 9 aromatic heterocycles. The SMILES string of the molecule is CC(C)(C)OC(=O)OC(=O)OC(C)(C)C.CCN(CC)CC.ClCCl.Cn1cc(-c2cnc3[nH]cc(I)c3c2)cn1.Cn1cc(-c2cnc3[nH]ccc3c2)cn1.Cn1cc(-c2cnc3c(c2)c(I)cn3C(=O)OC(C)(C)C)cn1.II.[2H]CF.[K+].[OH-]. The van der Waals surface area contributed by atoms with Crippen molar-refractivity contribution in [1.82, 2.24) is 63.7 Å². The number of hydrogen-bond donors (Lipinski definition) is 2. The molecule has 3 N–H and O–H groups in total. The number of fused-ring (bicyclic) bond motifs is 3. The van der Waals surface area contributed by atoms with Gasteiger partial charge in [0.2, 0.25) is 0 Å². The Labute approximate surface area is 601 Å². The van der Waals surface area contributed by atoms with Gasteiger partial charge in [-0.2, -0.15) is 15.3 Å². The van der Waals surface area contributed by atoms with Crippen LogP contribution in [0.3, 0.4) is 0 Å². The van der Waals surface area contributed by atoms with E-state index in [4.69, 9.17) is 38.8 Å². The molecular weight excluding hydrogens is 1620 g/mol. The van der Waals surface area contributed by atoms with Crippen LogP contribution >= 0.6 is 106 Å². The zero-order valence-electron chi connectivity index (χ0n) is 51.6. The summed E-state index contributed by atoms with van der Waals surface area (Å²) in [6.07, 6.45) is 19.9. The Morgan fingerprint density at radius 2 is 1.02 bits per heavy atom. The minimum Gasteiger partial charge on any atom is -0.870 e. The topological polar surface area (TPSA) is 250 Å². The number of rotatable bonds is 6. The molecule has 9 aromatic rings. The Morgan fingerprint density at radius 3 is 1.41 bits per heavy atom. The number of pyridine rings is 3. The number of nitrogens with one attached hydrogen (secondary N) is 2. The molecule has 0 amide bonds. The van der Waals surface area contributed by atoms with Crippen molar-refractivity contribution >= 4 is 157 Å². The van der Waals surface area contributed by atoms with Gasteiger partial charge in [-0.05, 0) is 151 Å². The molecule has 0 unspecified atom stereocenters. The number of aryl methyl sites for hydroxylation is 3. The first-order valence-electron chi connectivity index (χ1n) is 26.1. The molecular formula is C56H75Cl2FI4KN13O8. The van der Waals surface area contributed by atoms with Crippen molar-refractivity contribution in [3.05, 3.63) is 106 Å². The standard InChI is InChI=1S/C16H17IN4O2.C11H9IN4.C11H10N4.C10H18O5.C6H15N.CH2Cl2.CH3F.I2.K.H2O/c1-16(2,3)23-15(22)21-9-13(17)12-5-10(6-18-14(12)21)11-7-19-20(4)8-11;1-16-6-8(4-15-16)7-2-9-10(12)5-14-11(9)13-3-7;1-15-7-10(6-14-15)9-4-8-2-3-12-11(8)13-5-9;1-9(2,3)14-7(11)13-8(12)15-10(4,5)6;1-4-7(5-2)6-3;2-1-3;2*1-2;;/h5-9H,1-4H3;2-6H,1H3,(H,13,14);2-7H,1H3,(H,12,13);1-6H3;4-6H2,1-3H3;1H2;1H3;;;1H2/q;;;;;;;;+1;/p-1/i;;;;;;1D;;;. The zero-order chi connectivity index (χ0) is 63.5. The van der Waals surface area contributed by atoms with Crippen molar-refractivity contribution in [1.29, 1.82) is 0 Å². The minimum absolute atomic E-state index is 0. The number of nitrogens with zero attached hydrogens (tertiary/aromatic N) is 11. The van der Waals surface area contributed by atoms with Crippen LogP contribution in [0.4, 0.5) is 18.8 Å². The molecule has 9 heterocycles. The average molecular weight is 1700 g/mol. The van der Waals surface area contributed by atoms with E-state index in [0.29, 0.717) is 5.65 Å². The van der Waals surface area contributed by atoms with E-state index in [0.717, 1.165) is 64.4 Å². The summed E-state index contributed by atoms with van der Waals surface area (Å²) in [7, 11) is 4.69. The maximum atomic E-state index is 12.3. The molecule has 462 valence electrons. The fourth-order valence-corrected chi connectivity index (χ4v) is 8.14. The molecule has 0 spiro atoms. The maximum absolute atomic E-state index is 12.3. The van der Waals surface area contributed by atoms with Crippen molar-refractivity contribution in [2.75, 3.05) is 32.1 Å². The van der Waals surface area contributed by atoms with E-state index in [1.165, 1.54) is 27.8 Å². The zero-order valence-corrected chi connectivity index (χ0v) is 63.9. The third-order valence-electron chi connectivity index (χ3n) is 10.5. The number of ether oxygens (including phenoxy) is 4. The van der Waals surface area contributed by atoms with Crippen molar-refractivity contribution in [3.8, 4) is 33.4 Å². The van der Waals surface area contributed by atoms with Gasteiger partial charge >= 0.3 is 69.8 Å². The quantitative estimate of drug-likeness (QED) is 0.0392. The molecule has 29 heteroatoms. The molecule has 21 nitrogen and oxygen atoms in total. The summed E-state index contributed by atoms with van der Waals surface area (Å²) in [4.78, 5) is 56.1. The first-order chi connectivity index (χ1) is 39.5. The van der Waals surface area contributed by atoms with Gasteiger partial charge < -0.3 is 39.3 Å². The molecule has 9 rings (SSSR count). The fourth-order valence-electron chi connectivity index (χ4n) is 6.90. The monoisotopic (exact) mass is 1690 g/mol. The smallest absolute Gasteiger partial charge is 0.870 e. The van der Waals surface area contributed by atoms with Gasteiger partial charge in [-0.25, -0.2) is 33.9 Å². The van der Waals surface area contributed by atoms with Crippen LogP contribution in [0, 0.1) is 7.14 Å². The first-order valence-corrected chi connectivity index (χ1v) is 34.9. The molecule has 0 aliphatic heterocycles. The number of H-pyrrole nitrogens is 2. The van der Waals surface area contributed by atoms with Gasteiger partial charge in [0.05, 0.1) is 32.5 Å². The Hall–Kier alpha value is -3.10. The molecule has 0 atom stereocenters. The summed E-state index contributed by atoms with van der Waals surface area (Å²) in [5, 5.41) is 15.9. The van der Waals surface area contributed by atoms with Crippen LogP contribution in [0.15, 0.2) is 98.6 Å². The number of aromatic nitrogens is 12. The molecule has 0 saturated heterocycles. The van der Waals surface area contributed by atoms with E-state index < -0.39 is 42.4 Å². The van der Waals surface area contributed by atoms with E-state index in [-0.39, 0.29) is 62.2 Å². The summed E-state index contributed by atoms with van der Waals surface area (Å²) >= 11 is 18.3. The van der Waals surface area contributed by atoms with Gasteiger partial charge in [-0.15, -0.1) is 23.2 Å². The van der Waals surface area contributed by atoms with E-state index in [9.17, 15) is 18.8 Å². The average Bonchev–Trinajstić information content (AvgIpc) is 2.87. The summed E-state index contributed by atoms with van der Waals surface area (Å²) in [6.45, 7) is 25.7. The largest absolute Gasteiger partial charge is 1.00 e. The number of carbonyl (C=O) groups is 3. The fraction of sp³-hybridized carbons (Fsp3) is 0.411. The van der Waals surface area contributed by atoms with E-state index >= 15 is 0 Å². The summed E-state index contributed by atoms with van der Waals surface area (Å²) < 4.78 is 43.6. The number of hydrogen-bond acceptors (Lipinski definition) is 15. The van der Waals surface area contributed by atoms with E-state index in [2.05, 4.69) is 165 Å². The van der Waals surface area contributed by atoms with Gasteiger partial charge in [0, 0.05) is 171 Å². The molecule has 0 aromatic carbocycles. The summed E-state index contributed by atoms with van der Waals surface area (Å²) in [5.41, 5.74) is 6.83. The van der Waals surface area contributed by atoms with Crippen molar-refractivity contribution in [2.24, 2.45) is 21.1 Å². The Balaban J connectivity index is 0.00000104. The molecule has 0 fully saturated rings. The van der Waals surface area contributed by atoms with Gasteiger partial charge in [-0.3, -0.25) is 18.4 Å². The number of aromatic amines is 2. The third-order valence-corrected chi connectivity index (χ3v) is 12.2.